The predicted octanol–water partition coefficient (Wildman–Crippen LogP) is 3.55. The van der Waals surface area contributed by atoms with Crippen LogP contribution in [0, 0.1) is 13.8 Å². The Balaban J connectivity index is 1.73. The summed E-state index contributed by atoms with van der Waals surface area (Å²) in [5, 5.41) is 8.67. The molecule has 0 bridgehead atoms. The smallest absolute Gasteiger partial charge is 0.210 e. The minimum atomic E-state index is -0.350. The zero-order chi connectivity index (χ0) is 19.0. The zero-order valence-electron chi connectivity index (χ0n) is 15.3. The molecule has 0 saturated carbocycles. The highest BCUT2D eigenvalue weighted by atomic mass is 32.2. The van der Waals surface area contributed by atoms with E-state index in [9.17, 15) is 4.79 Å². The SMILES string of the molecule is COc1ccc([C@@H]2Nn3c(C)nnc3S[C@@H]2C(=O)c2ccc(C)cc2)cc1. The van der Waals surface area contributed by atoms with Gasteiger partial charge >= 0.3 is 0 Å². The van der Waals surface area contributed by atoms with E-state index in [0.717, 1.165) is 22.7 Å². The van der Waals surface area contributed by atoms with E-state index in [0.29, 0.717) is 10.7 Å². The van der Waals surface area contributed by atoms with Crippen LogP contribution in [0.15, 0.2) is 53.7 Å². The summed E-state index contributed by atoms with van der Waals surface area (Å²) in [6, 6.07) is 15.3. The number of aromatic nitrogens is 3. The van der Waals surface area contributed by atoms with E-state index < -0.39 is 0 Å². The van der Waals surface area contributed by atoms with Crippen molar-refractivity contribution in [3.8, 4) is 5.75 Å². The Labute approximate surface area is 161 Å². The van der Waals surface area contributed by atoms with Gasteiger partial charge in [0.2, 0.25) is 5.16 Å². The maximum Gasteiger partial charge on any atom is 0.210 e. The number of hydrogen-bond acceptors (Lipinski definition) is 6. The summed E-state index contributed by atoms with van der Waals surface area (Å²) in [5.41, 5.74) is 6.25. The van der Waals surface area contributed by atoms with Gasteiger partial charge in [-0.05, 0) is 31.5 Å². The van der Waals surface area contributed by atoms with Gasteiger partial charge in [-0.3, -0.25) is 4.79 Å². The van der Waals surface area contributed by atoms with Crippen LogP contribution in [0.25, 0.3) is 0 Å². The number of rotatable bonds is 4. The Morgan fingerprint density at radius 1 is 1.07 bits per heavy atom. The molecule has 2 aromatic carbocycles. The van der Waals surface area contributed by atoms with Crippen molar-refractivity contribution in [2.75, 3.05) is 12.5 Å². The maximum absolute atomic E-state index is 13.3. The number of thioether (sulfide) groups is 1. The highest BCUT2D eigenvalue weighted by molar-refractivity contribution is 8.00. The number of ketones is 1. The van der Waals surface area contributed by atoms with Crippen LogP contribution in [-0.4, -0.2) is 33.0 Å². The fraction of sp³-hybridized carbons (Fsp3) is 0.250. The third-order valence-corrected chi connectivity index (χ3v) is 5.88. The molecule has 0 saturated heterocycles. The van der Waals surface area contributed by atoms with Crippen LogP contribution >= 0.6 is 11.8 Å². The van der Waals surface area contributed by atoms with Crippen molar-refractivity contribution in [2.24, 2.45) is 0 Å². The van der Waals surface area contributed by atoms with Gasteiger partial charge in [0.1, 0.15) is 16.8 Å². The molecular weight excluding hydrogens is 360 g/mol. The molecular formula is C20H20N4O2S. The molecule has 0 aliphatic carbocycles. The van der Waals surface area contributed by atoms with E-state index in [1.165, 1.54) is 11.8 Å². The lowest BCUT2D eigenvalue weighted by molar-refractivity contribution is 0.0980. The largest absolute Gasteiger partial charge is 0.497 e. The second-order valence-electron chi connectivity index (χ2n) is 6.51. The number of nitrogens with zero attached hydrogens (tertiary/aromatic N) is 3. The first kappa shape index (κ1) is 17.6. The standard InChI is InChI=1S/C20H20N4O2S/c1-12-4-6-15(7-5-12)18(25)19-17(14-8-10-16(26-3)11-9-14)23-24-13(2)21-22-20(24)27-19/h4-11,17,19,23H,1-3H3/t17-,19-/m0/s1. The molecule has 0 spiro atoms. The molecule has 27 heavy (non-hydrogen) atoms. The molecule has 4 rings (SSSR count). The van der Waals surface area contributed by atoms with Crippen LogP contribution in [0.1, 0.15) is 33.4 Å². The van der Waals surface area contributed by atoms with E-state index in [1.54, 1.807) is 7.11 Å². The fourth-order valence-electron chi connectivity index (χ4n) is 3.10. The van der Waals surface area contributed by atoms with Crippen LogP contribution in [0.4, 0.5) is 0 Å². The number of nitrogens with one attached hydrogen (secondary N) is 1. The summed E-state index contributed by atoms with van der Waals surface area (Å²) in [6.07, 6.45) is 0. The fourth-order valence-corrected chi connectivity index (χ4v) is 4.31. The summed E-state index contributed by atoms with van der Waals surface area (Å²) in [7, 11) is 1.64. The summed E-state index contributed by atoms with van der Waals surface area (Å²) < 4.78 is 7.10. The Kier molecular flexibility index (Phi) is 4.61. The molecule has 138 valence electrons. The zero-order valence-corrected chi connectivity index (χ0v) is 16.2. The molecule has 0 amide bonds. The van der Waals surface area contributed by atoms with Crippen molar-refractivity contribution in [2.45, 2.75) is 30.3 Å². The van der Waals surface area contributed by atoms with Gasteiger partial charge in [-0.15, -0.1) is 10.2 Å². The summed E-state index contributed by atoms with van der Waals surface area (Å²) in [6.45, 7) is 3.90. The van der Waals surface area contributed by atoms with Crippen molar-refractivity contribution < 1.29 is 9.53 Å². The number of ether oxygens (including phenoxy) is 1. The Morgan fingerprint density at radius 2 is 1.78 bits per heavy atom. The van der Waals surface area contributed by atoms with Gasteiger partial charge in [0.15, 0.2) is 5.78 Å². The van der Waals surface area contributed by atoms with Gasteiger partial charge in [-0.25, -0.2) is 4.68 Å². The van der Waals surface area contributed by atoms with E-state index in [1.807, 2.05) is 67.1 Å². The lowest BCUT2D eigenvalue weighted by atomic mass is 9.97. The minimum absolute atomic E-state index is 0.0696. The van der Waals surface area contributed by atoms with Crippen LogP contribution in [0.5, 0.6) is 5.75 Å². The number of methoxy groups -OCH3 is 1. The van der Waals surface area contributed by atoms with Gasteiger partial charge in [0.05, 0.1) is 13.2 Å². The molecule has 3 aromatic rings. The van der Waals surface area contributed by atoms with Gasteiger partial charge in [0, 0.05) is 5.56 Å². The number of benzene rings is 2. The summed E-state index contributed by atoms with van der Waals surface area (Å²) in [4.78, 5) is 13.3. The highest BCUT2D eigenvalue weighted by Gasteiger charge is 2.37. The van der Waals surface area contributed by atoms with E-state index in [2.05, 4.69) is 15.6 Å². The van der Waals surface area contributed by atoms with Crippen LogP contribution in [0.2, 0.25) is 0 Å². The topological polar surface area (TPSA) is 69.0 Å². The molecule has 0 unspecified atom stereocenters. The van der Waals surface area contributed by atoms with Crippen LogP contribution in [-0.2, 0) is 0 Å². The molecule has 2 atom stereocenters. The van der Waals surface area contributed by atoms with Gasteiger partial charge in [-0.2, -0.15) is 0 Å². The second-order valence-corrected chi connectivity index (χ2v) is 7.62. The number of Topliss-reactive ketones (excluding diaryl/α,β-unsaturated/α-hetero) is 1. The molecule has 0 fully saturated rings. The lowest BCUT2D eigenvalue weighted by Gasteiger charge is -2.32. The van der Waals surface area contributed by atoms with Crippen molar-refractivity contribution in [1.82, 2.24) is 14.9 Å². The average Bonchev–Trinajstić information content (AvgIpc) is 3.07. The Morgan fingerprint density at radius 3 is 2.44 bits per heavy atom. The van der Waals surface area contributed by atoms with Crippen molar-refractivity contribution in [3.63, 3.8) is 0 Å². The first-order valence-electron chi connectivity index (χ1n) is 8.67. The highest BCUT2D eigenvalue weighted by Crippen LogP contribution is 2.38. The molecule has 6 nitrogen and oxygen atoms in total. The first-order chi connectivity index (χ1) is 13.1. The van der Waals surface area contributed by atoms with E-state index in [4.69, 9.17) is 4.74 Å². The lowest BCUT2D eigenvalue weighted by Crippen LogP contribution is -2.39. The molecule has 1 aromatic heterocycles. The number of fused-ring (bicyclic) bond motifs is 1. The number of carbonyl (C=O) groups excluding carboxylic acids is 1. The molecule has 1 aliphatic rings. The number of carbonyl (C=O) groups is 1. The monoisotopic (exact) mass is 380 g/mol. The minimum Gasteiger partial charge on any atom is -0.497 e. The van der Waals surface area contributed by atoms with Crippen molar-refractivity contribution in [1.29, 1.82) is 0 Å². The second kappa shape index (κ2) is 7.08. The number of hydrogen-bond donors (Lipinski definition) is 1. The molecule has 2 heterocycles. The van der Waals surface area contributed by atoms with E-state index in [-0.39, 0.29) is 17.1 Å². The quantitative estimate of drug-likeness (QED) is 0.698. The third-order valence-electron chi connectivity index (χ3n) is 4.67. The van der Waals surface area contributed by atoms with Crippen molar-refractivity contribution in [3.05, 3.63) is 71.0 Å². The third kappa shape index (κ3) is 3.30. The van der Waals surface area contributed by atoms with Gasteiger partial charge in [-0.1, -0.05) is 53.7 Å². The Bertz CT molecular complexity index is 967. The normalized spacial score (nSPS) is 18.5. The predicted molar refractivity (Wildman–Crippen MR) is 105 cm³/mol. The first-order valence-corrected chi connectivity index (χ1v) is 9.55. The van der Waals surface area contributed by atoms with Crippen LogP contribution in [0.3, 0.4) is 0 Å². The molecule has 1 aliphatic heterocycles. The maximum atomic E-state index is 13.3. The summed E-state index contributed by atoms with van der Waals surface area (Å²) in [5.74, 6) is 1.61. The molecule has 1 N–H and O–H groups in total. The molecule has 0 radical (unpaired) electrons. The Hall–Kier alpha value is -2.80. The van der Waals surface area contributed by atoms with Crippen LogP contribution < -0.4 is 10.2 Å². The van der Waals surface area contributed by atoms with Crippen molar-refractivity contribution >= 4 is 17.5 Å². The van der Waals surface area contributed by atoms with E-state index >= 15 is 0 Å². The van der Waals surface area contributed by atoms with Gasteiger partial charge in [0.25, 0.3) is 0 Å². The molecule has 7 heteroatoms. The number of aryl methyl sites for hydroxylation is 2. The summed E-state index contributed by atoms with van der Waals surface area (Å²) >= 11 is 1.44. The van der Waals surface area contributed by atoms with Gasteiger partial charge < -0.3 is 10.2 Å². The average molecular weight is 380 g/mol.